The Morgan fingerprint density at radius 2 is 1.62 bits per heavy atom. The van der Waals surface area contributed by atoms with Crippen LogP contribution in [0.5, 0.6) is 0 Å². The van der Waals surface area contributed by atoms with Gasteiger partial charge >= 0.3 is 5.97 Å². The monoisotopic (exact) mass is 324 g/mol. The second-order valence-electron chi connectivity index (χ2n) is 6.22. The number of hydrogen-bond acceptors (Lipinski definition) is 3. The zero-order valence-electron chi connectivity index (χ0n) is 13.5. The molecule has 0 radical (unpaired) electrons. The Hall–Kier alpha value is -2.69. The summed E-state index contributed by atoms with van der Waals surface area (Å²) >= 11 is 0. The molecule has 3 rings (SSSR count). The first-order valence-corrected chi connectivity index (χ1v) is 8.10. The van der Waals surface area contributed by atoms with Gasteiger partial charge in [-0.2, -0.15) is 0 Å². The fraction of sp³-hybridized carbons (Fsp3) is 0.316. The zero-order valence-corrected chi connectivity index (χ0v) is 13.5. The minimum absolute atomic E-state index is 0.154. The lowest BCUT2D eigenvalue weighted by molar-refractivity contribution is -0.152. The van der Waals surface area contributed by atoms with Crippen molar-refractivity contribution in [3.8, 4) is 11.1 Å². The number of carboxylic acid groups (broad SMARTS) is 1. The van der Waals surface area contributed by atoms with E-state index in [0.29, 0.717) is 12.8 Å². The van der Waals surface area contributed by atoms with Crippen molar-refractivity contribution in [2.45, 2.75) is 25.8 Å². The summed E-state index contributed by atoms with van der Waals surface area (Å²) in [7, 11) is 0. The first kappa shape index (κ1) is 16.2. The van der Waals surface area contributed by atoms with Gasteiger partial charge in [-0.05, 0) is 48.6 Å². The van der Waals surface area contributed by atoms with Crippen LogP contribution in [-0.4, -0.2) is 22.0 Å². The van der Waals surface area contributed by atoms with E-state index < -0.39 is 17.8 Å². The Morgan fingerprint density at radius 1 is 1.04 bits per heavy atom. The van der Waals surface area contributed by atoms with Gasteiger partial charge in [-0.3, -0.25) is 14.6 Å². The van der Waals surface area contributed by atoms with Gasteiger partial charge in [0.15, 0.2) is 0 Å². The van der Waals surface area contributed by atoms with E-state index in [1.165, 1.54) is 0 Å². The Balaban J connectivity index is 1.64. The number of amides is 1. The van der Waals surface area contributed by atoms with E-state index in [4.69, 9.17) is 5.11 Å². The second kappa shape index (κ2) is 6.83. The van der Waals surface area contributed by atoms with Gasteiger partial charge in [-0.1, -0.05) is 24.3 Å². The number of rotatable bonds is 5. The van der Waals surface area contributed by atoms with Crippen molar-refractivity contribution in [3.63, 3.8) is 0 Å². The molecular weight excluding hydrogens is 304 g/mol. The Bertz CT molecular complexity index is 728. The lowest BCUT2D eigenvalue weighted by Gasteiger charge is -2.33. The molecule has 1 aromatic carbocycles. The summed E-state index contributed by atoms with van der Waals surface area (Å²) in [4.78, 5) is 27.3. The smallest absolute Gasteiger partial charge is 0.307 e. The second-order valence-corrected chi connectivity index (χ2v) is 6.22. The first-order chi connectivity index (χ1) is 11.6. The highest BCUT2D eigenvalue weighted by atomic mass is 16.4. The Kier molecular flexibility index (Phi) is 4.60. The lowest BCUT2D eigenvalue weighted by atomic mass is 9.73. The van der Waals surface area contributed by atoms with E-state index in [-0.39, 0.29) is 11.9 Å². The van der Waals surface area contributed by atoms with Gasteiger partial charge in [0.25, 0.3) is 0 Å². The number of aliphatic carboxylic acids is 1. The molecule has 3 atom stereocenters. The number of carboxylic acids is 1. The van der Waals surface area contributed by atoms with Crippen LogP contribution in [0.15, 0.2) is 48.8 Å². The summed E-state index contributed by atoms with van der Waals surface area (Å²) in [6, 6.07) is 11.7. The van der Waals surface area contributed by atoms with E-state index in [0.717, 1.165) is 16.7 Å². The van der Waals surface area contributed by atoms with Crippen LogP contribution in [-0.2, 0) is 9.59 Å². The van der Waals surface area contributed by atoms with E-state index in [9.17, 15) is 9.59 Å². The van der Waals surface area contributed by atoms with Crippen molar-refractivity contribution >= 4 is 11.9 Å². The standard InChI is InChI=1S/C19H20N2O3/c1-12(21-18(22)16-6-7-17(16)19(23)24)13-2-4-14(5-3-13)15-8-10-20-11-9-15/h2-5,8-12,16-17H,6-7H2,1H3,(H,21,22)(H,23,24). The third kappa shape index (κ3) is 3.30. The summed E-state index contributed by atoms with van der Waals surface area (Å²) in [6.45, 7) is 1.91. The van der Waals surface area contributed by atoms with Crippen molar-refractivity contribution in [1.29, 1.82) is 0 Å². The highest BCUT2D eigenvalue weighted by Crippen LogP contribution is 2.35. The van der Waals surface area contributed by atoms with Crippen LogP contribution < -0.4 is 5.32 Å². The summed E-state index contributed by atoms with van der Waals surface area (Å²) in [6.07, 6.45) is 4.74. The third-order valence-electron chi connectivity index (χ3n) is 4.71. The van der Waals surface area contributed by atoms with Gasteiger partial charge in [0.2, 0.25) is 5.91 Å². The van der Waals surface area contributed by atoms with Crippen LogP contribution in [0.3, 0.4) is 0 Å². The third-order valence-corrected chi connectivity index (χ3v) is 4.71. The van der Waals surface area contributed by atoms with Crippen molar-refractivity contribution in [1.82, 2.24) is 10.3 Å². The van der Waals surface area contributed by atoms with Crippen molar-refractivity contribution in [3.05, 3.63) is 54.4 Å². The lowest BCUT2D eigenvalue weighted by Crippen LogP contribution is -2.44. The molecule has 5 heteroatoms. The number of aromatic nitrogens is 1. The van der Waals surface area contributed by atoms with Crippen LogP contribution in [0.1, 0.15) is 31.4 Å². The zero-order chi connectivity index (χ0) is 17.1. The minimum Gasteiger partial charge on any atom is -0.481 e. The SMILES string of the molecule is CC(NC(=O)C1CCC1C(=O)O)c1ccc(-c2ccncc2)cc1. The van der Waals surface area contributed by atoms with Crippen LogP contribution in [0, 0.1) is 11.8 Å². The molecule has 24 heavy (non-hydrogen) atoms. The predicted molar refractivity (Wildman–Crippen MR) is 90.1 cm³/mol. The van der Waals surface area contributed by atoms with Gasteiger partial charge in [0.1, 0.15) is 0 Å². The number of carbonyl (C=O) groups is 2. The van der Waals surface area contributed by atoms with Gasteiger partial charge in [0.05, 0.1) is 17.9 Å². The molecule has 1 fully saturated rings. The molecule has 1 aliphatic carbocycles. The molecule has 0 aliphatic heterocycles. The maximum atomic E-state index is 12.2. The largest absolute Gasteiger partial charge is 0.481 e. The number of hydrogen-bond donors (Lipinski definition) is 2. The minimum atomic E-state index is -0.879. The topological polar surface area (TPSA) is 79.3 Å². The number of nitrogens with zero attached hydrogens (tertiary/aromatic N) is 1. The molecular formula is C19H20N2O3. The van der Waals surface area contributed by atoms with Crippen LogP contribution >= 0.6 is 0 Å². The maximum absolute atomic E-state index is 12.2. The van der Waals surface area contributed by atoms with Crippen molar-refractivity contribution in [2.24, 2.45) is 11.8 Å². The predicted octanol–water partition coefficient (Wildman–Crippen LogP) is 3.04. The molecule has 1 aromatic heterocycles. The van der Waals surface area contributed by atoms with E-state index in [2.05, 4.69) is 10.3 Å². The van der Waals surface area contributed by atoms with E-state index in [1.54, 1.807) is 12.4 Å². The van der Waals surface area contributed by atoms with E-state index >= 15 is 0 Å². The Labute approximate surface area is 140 Å². The van der Waals surface area contributed by atoms with Gasteiger partial charge in [0, 0.05) is 12.4 Å². The van der Waals surface area contributed by atoms with Gasteiger partial charge in [-0.15, -0.1) is 0 Å². The number of pyridine rings is 1. The average molecular weight is 324 g/mol. The molecule has 1 aliphatic rings. The molecule has 0 spiro atoms. The number of nitrogens with one attached hydrogen (secondary N) is 1. The molecule has 5 nitrogen and oxygen atoms in total. The molecule has 3 unspecified atom stereocenters. The molecule has 2 aromatic rings. The fourth-order valence-corrected chi connectivity index (χ4v) is 3.02. The molecule has 2 N–H and O–H groups in total. The molecule has 124 valence electrons. The van der Waals surface area contributed by atoms with Crippen LogP contribution in [0.2, 0.25) is 0 Å². The van der Waals surface area contributed by atoms with Crippen molar-refractivity contribution in [2.75, 3.05) is 0 Å². The molecule has 1 heterocycles. The molecule has 0 bridgehead atoms. The molecule has 1 saturated carbocycles. The number of benzene rings is 1. The summed E-state index contributed by atoms with van der Waals surface area (Å²) in [5.74, 6) is -1.98. The summed E-state index contributed by atoms with van der Waals surface area (Å²) < 4.78 is 0. The fourth-order valence-electron chi connectivity index (χ4n) is 3.02. The van der Waals surface area contributed by atoms with Crippen molar-refractivity contribution < 1.29 is 14.7 Å². The van der Waals surface area contributed by atoms with Gasteiger partial charge in [-0.25, -0.2) is 0 Å². The highest BCUT2D eigenvalue weighted by Gasteiger charge is 2.41. The Morgan fingerprint density at radius 3 is 2.17 bits per heavy atom. The van der Waals surface area contributed by atoms with Crippen LogP contribution in [0.4, 0.5) is 0 Å². The van der Waals surface area contributed by atoms with Gasteiger partial charge < -0.3 is 10.4 Å². The van der Waals surface area contributed by atoms with E-state index in [1.807, 2.05) is 43.3 Å². The molecule has 0 saturated heterocycles. The van der Waals surface area contributed by atoms with Crippen LogP contribution in [0.25, 0.3) is 11.1 Å². The summed E-state index contributed by atoms with van der Waals surface area (Å²) in [5, 5.41) is 12.0. The quantitative estimate of drug-likeness (QED) is 0.886. The number of carbonyl (C=O) groups excluding carboxylic acids is 1. The average Bonchev–Trinajstić information content (AvgIpc) is 2.54. The molecule has 1 amide bonds. The summed E-state index contributed by atoms with van der Waals surface area (Å²) in [5.41, 5.74) is 3.17. The normalized spacial score (nSPS) is 20.7. The maximum Gasteiger partial charge on any atom is 0.307 e. The first-order valence-electron chi connectivity index (χ1n) is 8.10. The highest BCUT2D eigenvalue weighted by molar-refractivity contribution is 5.86.